The van der Waals surface area contributed by atoms with Crippen molar-refractivity contribution in [1.82, 2.24) is 4.90 Å². The molecule has 0 spiro atoms. The number of hydrogen-bond acceptors (Lipinski definition) is 3. The van der Waals surface area contributed by atoms with Crippen molar-refractivity contribution in [3.05, 3.63) is 59.8 Å². The lowest BCUT2D eigenvalue weighted by molar-refractivity contribution is -0.137. The molecule has 4 nitrogen and oxygen atoms in total. The van der Waals surface area contributed by atoms with E-state index in [0.29, 0.717) is 19.6 Å². The van der Waals surface area contributed by atoms with Crippen molar-refractivity contribution in [3.63, 3.8) is 0 Å². The molecule has 1 N–H and O–H groups in total. The number of aliphatic carboxylic acids is 1. The van der Waals surface area contributed by atoms with Crippen molar-refractivity contribution in [3.8, 4) is 0 Å². The van der Waals surface area contributed by atoms with Crippen LogP contribution in [0.1, 0.15) is 17.7 Å². The Balaban J connectivity index is 2.01. The van der Waals surface area contributed by atoms with Crippen LogP contribution >= 0.6 is 0 Å². The second-order valence-electron chi connectivity index (χ2n) is 4.56. The normalized spacial score (nSPS) is 10.9. The van der Waals surface area contributed by atoms with E-state index in [2.05, 4.69) is 0 Å². The molecule has 0 bridgehead atoms. The minimum absolute atomic E-state index is 0.0574. The summed E-state index contributed by atoms with van der Waals surface area (Å²) >= 11 is 0. The van der Waals surface area contributed by atoms with Gasteiger partial charge in [0.15, 0.2) is 0 Å². The van der Waals surface area contributed by atoms with E-state index in [9.17, 15) is 9.18 Å². The largest absolute Gasteiger partial charge is 0.481 e. The fourth-order valence-corrected chi connectivity index (χ4v) is 1.94. The summed E-state index contributed by atoms with van der Waals surface area (Å²) in [7, 11) is 0. The van der Waals surface area contributed by atoms with Gasteiger partial charge in [-0.25, -0.2) is 4.39 Å². The summed E-state index contributed by atoms with van der Waals surface area (Å²) in [6.07, 6.45) is 1.64. The zero-order valence-corrected chi connectivity index (χ0v) is 11.0. The molecule has 0 amide bonds. The molecule has 106 valence electrons. The number of carboxylic acid groups (broad SMARTS) is 1. The third-order valence-corrected chi connectivity index (χ3v) is 2.92. The van der Waals surface area contributed by atoms with Gasteiger partial charge in [-0.15, -0.1) is 0 Å². The molecule has 1 heterocycles. The maximum absolute atomic E-state index is 12.9. The maximum atomic E-state index is 12.9. The molecule has 2 rings (SSSR count). The number of rotatable bonds is 7. The van der Waals surface area contributed by atoms with Crippen LogP contribution in [0.2, 0.25) is 0 Å². The number of carboxylic acids is 1. The molecule has 1 aromatic heterocycles. The fourth-order valence-electron chi connectivity index (χ4n) is 1.94. The van der Waals surface area contributed by atoms with Gasteiger partial charge in [0.25, 0.3) is 0 Å². The highest BCUT2D eigenvalue weighted by Gasteiger charge is 2.11. The number of carbonyl (C=O) groups is 1. The van der Waals surface area contributed by atoms with Gasteiger partial charge >= 0.3 is 5.97 Å². The summed E-state index contributed by atoms with van der Waals surface area (Å²) in [6.45, 7) is 1.49. The van der Waals surface area contributed by atoms with Crippen molar-refractivity contribution >= 4 is 5.97 Å². The van der Waals surface area contributed by atoms with Crippen LogP contribution in [0.25, 0.3) is 0 Å². The molecule has 0 aliphatic rings. The van der Waals surface area contributed by atoms with Crippen LogP contribution in [0.15, 0.2) is 47.1 Å². The van der Waals surface area contributed by atoms with E-state index >= 15 is 0 Å². The molecule has 2 aromatic rings. The Morgan fingerprint density at radius 2 is 1.95 bits per heavy atom. The van der Waals surface area contributed by atoms with Gasteiger partial charge in [-0.05, 0) is 29.8 Å². The lowest BCUT2D eigenvalue weighted by atomic mass is 10.2. The van der Waals surface area contributed by atoms with Gasteiger partial charge in [0.1, 0.15) is 11.6 Å². The minimum atomic E-state index is -0.839. The molecule has 0 aliphatic heterocycles. The molecule has 0 aliphatic carbocycles. The standard InChI is InChI=1S/C15H16FNO3/c16-13-5-3-12(4-6-13)10-17(8-7-15(18)19)11-14-2-1-9-20-14/h1-6,9H,7-8,10-11H2,(H,18,19). The summed E-state index contributed by atoms with van der Waals surface area (Å²) in [5.41, 5.74) is 0.934. The lowest BCUT2D eigenvalue weighted by Gasteiger charge is -2.20. The van der Waals surface area contributed by atoms with Crippen LogP contribution in [-0.4, -0.2) is 22.5 Å². The Bertz CT molecular complexity index is 537. The van der Waals surface area contributed by atoms with Gasteiger partial charge in [-0.3, -0.25) is 9.69 Å². The number of benzene rings is 1. The van der Waals surface area contributed by atoms with Crippen molar-refractivity contribution < 1.29 is 18.7 Å². The third kappa shape index (κ3) is 4.51. The van der Waals surface area contributed by atoms with E-state index in [1.165, 1.54) is 12.1 Å². The molecule has 1 aromatic carbocycles. The smallest absolute Gasteiger partial charge is 0.304 e. The van der Waals surface area contributed by atoms with Gasteiger partial charge < -0.3 is 9.52 Å². The lowest BCUT2D eigenvalue weighted by Crippen LogP contribution is -2.25. The summed E-state index contributed by atoms with van der Waals surface area (Å²) < 4.78 is 18.2. The van der Waals surface area contributed by atoms with Crippen molar-refractivity contribution in [2.45, 2.75) is 19.5 Å². The molecule has 20 heavy (non-hydrogen) atoms. The molecular formula is C15H16FNO3. The predicted octanol–water partition coefficient (Wildman–Crippen LogP) is 2.90. The van der Waals surface area contributed by atoms with Crippen molar-refractivity contribution in [2.24, 2.45) is 0 Å². The predicted molar refractivity (Wildman–Crippen MR) is 71.5 cm³/mol. The molecule has 5 heteroatoms. The Labute approximate surface area is 116 Å². The second kappa shape index (κ2) is 6.86. The van der Waals surface area contributed by atoms with E-state index in [0.717, 1.165) is 11.3 Å². The molecule has 0 saturated heterocycles. The minimum Gasteiger partial charge on any atom is -0.481 e. The average molecular weight is 277 g/mol. The van der Waals surface area contributed by atoms with Gasteiger partial charge in [0.05, 0.1) is 19.2 Å². The first-order valence-corrected chi connectivity index (χ1v) is 6.34. The highest BCUT2D eigenvalue weighted by atomic mass is 19.1. The fraction of sp³-hybridized carbons (Fsp3) is 0.267. The summed E-state index contributed by atoms with van der Waals surface area (Å²) in [6, 6.07) is 9.84. The van der Waals surface area contributed by atoms with Gasteiger partial charge in [0, 0.05) is 13.1 Å². The molecular weight excluding hydrogens is 261 g/mol. The average Bonchev–Trinajstić information content (AvgIpc) is 2.91. The Morgan fingerprint density at radius 3 is 2.55 bits per heavy atom. The van der Waals surface area contributed by atoms with E-state index < -0.39 is 5.97 Å². The molecule has 0 atom stereocenters. The molecule has 0 radical (unpaired) electrons. The van der Waals surface area contributed by atoms with Crippen LogP contribution in [0.3, 0.4) is 0 Å². The first kappa shape index (κ1) is 14.3. The van der Waals surface area contributed by atoms with E-state index in [4.69, 9.17) is 9.52 Å². The van der Waals surface area contributed by atoms with Gasteiger partial charge in [-0.1, -0.05) is 12.1 Å². The van der Waals surface area contributed by atoms with Crippen LogP contribution in [-0.2, 0) is 17.9 Å². The number of furan rings is 1. The van der Waals surface area contributed by atoms with Crippen LogP contribution in [0.5, 0.6) is 0 Å². The number of hydrogen-bond donors (Lipinski definition) is 1. The number of halogens is 1. The highest BCUT2D eigenvalue weighted by Crippen LogP contribution is 2.11. The van der Waals surface area contributed by atoms with Gasteiger partial charge in [-0.2, -0.15) is 0 Å². The SMILES string of the molecule is O=C(O)CCN(Cc1ccc(F)cc1)Cc1ccco1. The monoisotopic (exact) mass is 277 g/mol. The van der Waals surface area contributed by atoms with E-state index in [-0.39, 0.29) is 12.2 Å². The maximum Gasteiger partial charge on any atom is 0.304 e. The van der Waals surface area contributed by atoms with E-state index in [1.54, 1.807) is 24.5 Å². The van der Waals surface area contributed by atoms with Crippen LogP contribution in [0, 0.1) is 5.82 Å². The topological polar surface area (TPSA) is 53.7 Å². The summed E-state index contributed by atoms with van der Waals surface area (Å²) in [5, 5.41) is 8.79. The zero-order valence-electron chi connectivity index (χ0n) is 11.0. The Kier molecular flexibility index (Phi) is 4.90. The molecule has 0 saturated carbocycles. The van der Waals surface area contributed by atoms with Crippen molar-refractivity contribution in [1.29, 1.82) is 0 Å². The quantitative estimate of drug-likeness (QED) is 0.845. The number of nitrogens with zero attached hydrogens (tertiary/aromatic N) is 1. The van der Waals surface area contributed by atoms with E-state index in [1.807, 2.05) is 11.0 Å². The highest BCUT2D eigenvalue weighted by molar-refractivity contribution is 5.66. The molecule has 0 unspecified atom stereocenters. The van der Waals surface area contributed by atoms with Crippen molar-refractivity contribution in [2.75, 3.05) is 6.54 Å². The third-order valence-electron chi connectivity index (χ3n) is 2.92. The second-order valence-corrected chi connectivity index (χ2v) is 4.56. The zero-order chi connectivity index (χ0) is 14.4. The summed E-state index contributed by atoms with van der Waals surface area (Å²) in [4.78, 5) is 12.7. The van der Waals surface area contributed by atoms with Crippen LogP contribution in [0.4, 0.5) is 4.39 Å². The van der Waals surface area contributed by atoms with Crippen LogP contribution < -0.4 is 0 Å². The Morgan fingerprint density at radius 1 is 1.20 bits per heavy atom. The summed E-state index contributed by atoms with van der Waals surface area (Å²) in [5.74, 6) is -0.345. The first-order valence-electron chi connectivity index (χ1n) is 6.34. The Hall–Kier alpha value is -2.14. The molecule has 0 fully saturated rings. The first-order chi connectivity index (χ1) is 9.63. The van der Waals surface area contributed by atoms with Gasteiger partial charge in [0.2, 0.25) is 0 Å².